The van der Waals surface area contributed by atoms with Crippen molar-refractivity contribution in [1.82, 2.24) is 14.6 Å². The monoisotopic (exact) mass is 323 g/mol. The second-order valence-electron chi connectivity index (χ2n) is 6.49. The molecule has 0 aromatic carbocycles. The van der Waals surface area contributed by atoms with Crippen LogP contribution >= 0.6 is 0 Å². The summed E-state index contributed by atoms with van der Waals surface area (Å²) in [4.78, 5) is 6.82. The lowest BCUT2D eigenvalue weighted by Crippen LogP contribution is -2.37. The molecule has 1 saturated heterocycles. The molecule has 1 aliphatic heterocycles. The van der Waals surface area contributed by atoms with Gasteiger partial charge in [0, 0.05) is 25.8 Å². The van der Waals surface area contributed by atoms with Gasteiger partial charge in [0.05, 0.1) is 10.9 Å². The maximum absolute atomic E-state index is 11.8. The van der Waals surface area contributed by atoms with Crippen LogP contribution in [-0.4, -0.2) is 43.2 Å². The lowest BCUT2D eigenvalue weighted by Gasteiger charge is -2.32. The lowest BCUT2D eigenvalue weighted by molar-refractivity contribution is 0.161. The number of hydrogen-bond acceptors (Lipinski definition) is 4. The molecule has 0 radical (unpaired) electrons. The van der Waals surface area contributed by atoms with Gasteiger partial charge in [-0.2, -0.15) is 0 Å². The maximum Gasteiger partial charge on any atom is 0.214 e. The van der Waals surface area contributed by atoms with Crippen molar-refractivity contribution in [2.75, 3.05) is 19.6 Å². The third-order valence-electron chi connectivity index (χ3n) is 4.53. The second-order valence-corrected chi connectivity index (χ2v) is 8.54. The minimum absolute atomic E-state index is 0.112. The smallest absolute Gasteiger partial charge is 0.214 e. The average Bonchev–Trinajstić information content (AvgIpc) is 3.34. The van der Waals surface area contributed by atoms with Gasteiger partial charge in [-0.3, -0.25) is 9.88 Å². The largest absolute Gasteiger partial charge is 0.297 e. The highest BCUT2D eigenvalue weighted by Crippen LogP contribution is 2.27. The van der Waals surface area contributed by atoms with Gasteiger partial charge in [-0.05, 0) is 56.7 Å². The molecule has 122 valence electrons. The molecular formula is C16H25N3O2S. The van der Waals surface area contributed by atoms with Crippen LogP contribution in [0.15, 0.2) is 24.4 Å². The summed E-state index contributed by atoms with van der Waals surface area (Å²) in [5.41, 5.74) is 1.11. The van der Waals surface area contributed by atoms with Crippen LogP contribution in [0.2, 0.25) is 0 Å². The van der Waals surface area contributed by atoms with Crippen LogP contribution in [0.25, 0.3) is 0 Å². The van der Waals surface area contributed by atoms with Gasteiger partial charge in [0.15, 0.2) is 0 Å². The van der Waals surface area contributed by atoms with Crippen molar-refractivity contribution in [2.24, 2.45) is 5.92 Å². The normalized spacial score (nSPS) is 23.5. The fourth-order valence-electron chi connectivity index (χ4n) is 3.15. The first kappa shape index (κ1) is 15.9. The molecule has 1 aromatic heterocycles. The van der Waals surface area contributed by atoms with Gasteiger partial charge in [0.25, 0.3) is 0 Å². The SMILES string of the molecule is O=S(=O)(NCCC1CCCN(Cc2ccccn2)C1)C1CC1. The Hall–Kier alpha value is -0.980. The number of nitrogens with one attached hydrogen (secondary N) is 1. The fraction of sp³-hybridized carbons (Fsp3) is 0.688. The highest BCUT2D eigenvalue weighted by atomic mass is 32.2. The molecule has 1 unspecified atom stereocenters. The van der Waals surface area contributed by atoms with E-state index in [0.717, 1.165) is 44.6 Å². The molecule has 5 nitrogen and oxygen atoms in total. The number of hydrogen-bond donors (Lipinski definition) is 1. The molecule has 2 fully saturated rings. The van der Waals surface area contributed by atoms with Gasteiger partial charge in [-0.1, -0.05) is 6.07 Å². The molecule has 1 saturated carbocycles. The highest BCUT2D eigenvalue weighted by molar-refractivity contribution is 7.90. The second kappa shape index (κ2) is 7.06. The van der Waals surface area contributed by atoms with Crippen molar-refractivity contribution in [2.45, 2.75) is 43.9 Å². The van der Waals surface area contributed by atoms with Gasteiger partial charge in [-0.25, -0.2) is 13.1 Å². The van der Waals surface area contributed by atoms with E-state index in [1.807, 2.05) is 18.3 Å². The number of sulfonamides is 1. The molecule has 0 bridgehead atoms. The molecule has 0 spiro atoms. The molecule has 1 aromatic rings. The molecule has 0 amide bonds. The summed E-state index contributed by atoms with van der Waals surface area (Å²) in [5, 5.41) is -0.112. The Morgan fingerprint density at radius 1 is 1.27 bits per heavy atom. The minimum atomic E-state index is -3.02. The Morgan fingerprint density at radius 2 is 2.14 bits per heavy atom. The van der Waals surface area contributed by atoms with E-state index in [0.29, 0.717) is 12.5 Å². The summed E-state index contributed by atoms with van der Waals surface area (Å²) in [6, 6.07) is 6.03. The molecular weight excluding hydrogens is 298 g/mol. The van der Waals surface area contributed by atoms with Gasteiger partial charge >= 0.3 is 0 Å². The van der Waals surface area contributed by atoms with Crippen LogP contribution in [0.4, 0.5) is 0 Å². The predicted octanol–water partition coefficient (Wildman–Crippen LogP) is 1.77. The Labute approximate surface area is 133 Å². The minimum Gasteiger partial charge on any atom is -0.297 e. The maximum atomic E-state index is 11.8. The predicted molar refractivity (Wildman–Crippen MR) is 86.8 cm³/mol. The Kier molecular flexibility index (Phi) is 5.10. The highest BCUT2D eigenvalue weighted by Gasteiger charge is 2.35. The van der Waals surface area contributed by atoms with Crippen molar-refractivity contribution in [3.05, 3.63) is 30.1 Å². The van der Waals surface area contributed by atoms with Crippen LogP contribution in [0.3, 0.4) is 0 Å². The van der Waals surface area contributed by atoms with Crippen molar-refractivity contribution >= 4 is 10.0 Å². The zero-order valence-electron chi connectivity index (χ0n) is 12.9. The first-order valence-corrected chi connectivity index (χ1v) is 9.79. The molecule has 2 aliphatic rings. The van der Waals surface area contributed by atoms with E-state index in [1.54, 1.807) is 0 Å². The first-order chi connectivity index (χ1) is 10.6. The van der Waals surface area contributed by atoms with Crippen LogP contribution in [0.1, 0.15) is 37.8 Å². The van der Waals surface area contributed by atoms with Crippen LogP contribution in [0, 0.1) is 5.92 Å². The third kappa shape index (κ3) is 4.51. The van der Waals surface area contributed by atoms with E-state index in [2.05, 4.69) is 20.7 Å². The lowest BCUT2D eigenvalue weighted by atomic mass is 9.95. The van der Waals surface area contributed by atoms with E-state index in [-0.39, 0.29) is 5.25 Å². The summed E-state index contributed by atoms with van der Waals surface area (Å²) in [6.45, 7) is 3.63. The molecule has 3 rings (SSSR count). The molecule has 1 aliphatic carbocycles. The van der Waals surface area contributed by atoms with E-state index in [4.69, 9.17) is 0 Å². The van der Waals surface area contributed by atoms with E-state index in [9.17, 15) is 8.42 Å². The van der Waals surface area contributed by atoms with E-state index >= 15 is 0 Å². The van der Waals surface area contributed by atoms with Crippen LogP contribution in [-0.2, 0) is 16.6 Å². The van der Waals surface area contributed by atoms with Gasteiger partial charge in [-0.15, -0.1) is 0 Å². The zero-order valence-corrected chi connectivity index (χ0v) is 13.8. The topological polar surface area (TPSA) is 62.3 Å². The summed E-state index contributed by atoms with van der Waals surface area (Å²) in [6.07, 6.45) is 6.82. The summed E-state index contributed by atoms with van der Waals surface area (Å²) >= 11 is 0. The molecule has 2 heterocycles. The standard InChI is InChI=1S/C16H25N3O2S/c20-22(21,16-6-7-16)18-10-8-14-4-3-11-19(12-14)13-15-5-1-2-9-17-15/h1-2,5,9,14,16,18H,3-4,6-8,10-13H2. The number of likely N-dealkylation sites (tertiary alicyclic amines) is 1. The third-order valence-corrected chi connectivity index (χ3v) is 6.49. The molecule has 1 atom stereocenters. The van der Waals surface area contributed by atoms with Gasteiger partial charge < -0.3 is 0 Å². The molecule has 6 heteroatoms. The number of rotatable bonds is 7. The number of pyridine rings is 1. The van der Waals surface area contributed by atoms with Crippen LogP contribution in [0.5, 0.6) is 0 Å². The Bertz CT molecular complexity index is 572. The summed E-state index contributed by atoms with van der Waals surface area (Å²) in [7, 11) is -3.02. The number of piperidine rings is 1. The van der Waals surface area contributed by atoms with Crippen LogP contribution < -0.4 is 4.72 Å². The Balaban J connectivity index is 1.42. The van der Waals surface area contributed by atoms with E-state index < -0.39 is 10.0 Å². The van der Waals surface area contributed by atoms with Gasteiger partial charge in [0.2, 0.25) is 10.0 Å². The van der Waals surface area contributed by atoms with Crippen molar-refractivity contribution in [3.8, 4) is 0 Å². The van der Waals surface area contributed by atoms with E-state index in [1.165, 1.54) is 12.8 Å². The molecule has 1 N–H and O–H groups in total. The fourth-order valence-corrected chi connectivity index (χ4v) is 4.55. The quantitative estimate of drug-likeness (QED) is 0.830. The van der Waals surface area contributed by atoms with Crippen molar-refractivity contribution in [3.63, 3.8) is 0 Å². The zero-order chi connectivity index (χ0) is 15.4. The van der Waals surface area contributed by atoms with Crippen molar-refractivity contribution < 1.29 is 8.42 Å². The van der Waals surface area contributed by atoms with Gasteiger partial charge in [0.1, 0.15) is 0 Å². The Morgan fingerprint density at radius 3 is 2.86 bits per heavy atom. The first-order valence-electron chi connectivity index (χ1n) is 8.24. The number of nitrogens with zero attached hydrogens (tertiary/aromatic N) is 2. The average molecular weight is 323 g/mol. The summed E-state index contributed by atoms with van der Waals surface area (Å²) in [5.74, 6) is 0.583. The molecule has 22 heavy (non-hydrogen) atoms. The van der Waals surface area contributed by atoms with Crippen molar-refractivity contribution in [1.29, 1.82) is 0 Å². The number of aromatic nitrogens is 1. The summed E-state index contributed by atoms with van der Waals surface area (Å²) < 4.78 is 26.4.